The number of methoxy groups -OCH3 is 1. The number of unbranched alkanes of at least 4 members (excludes halogenated alkanes) is 2. The minimum absolute atomic E-state index is 0.0268. The molecular formula is C12H24N2O2. The number of carbonyl (C=O) groups excluding carboxylic acids is 1. The second-order valence-corrected chi connectivity index (χ2v) is 4.74. The summed E-state index contributed by atoms with van der Waals surface area (Å²) < 4.78 is 4.99. The number of rotatable bonds is 7. The van der Waals surface area contributed by atoms with E-state index in [1.165, 1.54) is 0 Å². The van der Waals surface area contributed by atoms with E-state index >= 15 is 0 Å². The molecule has 0 aromatic rings. The van der Waals surface area contributed by atoms with E-state index in [4.69, 9.17) is 4.74 Å². The summed E-state index contributed by atoms with van der Waals surface area (Å²) in [5.74, 6) is 0.646. The maximum Gasteiger partial charge on any atom is 0.241 e. The van der Waals surface area contributed by atoms with Crippen LogP contribution in [0.4, 0.5) is 0 Å². The van der Waals surface area contributed by atoms with Crippen molar-refractivity contribution in [3.8, 4) is 0 Å². The lowest BCUT2D eigenvalue weighted by molar-refractivity contribution is -0.129. The van der Waals surface area contributed by atoms with E-state index < -0.39 is 0 Å². The van der Waals surface area contributed by atoms with E-state index in [1.54, 1.807) is 7.11 Å². The normalized spacial score (nSPS) is 21.1. The Morgan fingerprint density at radius 2 is 2.19 bits per heavy atom. The van der Waals surface area contributed by atoms with E-state index in [0.29, 0.717) is 12.6 Å². The Bertz CT molecular complexity index is 219. The van der Waals surface area contributed by atoms with Gasteiger partial charge in [-0.25, -0.2) is 0 Å². The molecule has 0 spiro atoms. The second-order valence-electron chi connectivity index (χ2n) is 4.74. The van der Waals surface area contributed by atoms with Crippen molar-refractivity contribution in [3.05, 3.63) is 0 Å². The van der Waals surface area contributed by atoms with Gasteiger partial charge in [-0.1, -0.05) is 13.8 Å². The molecule has 16 heavy (non-hydrogen) atoms. The van der Waals surface area contributed by atoms with Crippen LogP contribution in [0.1, 0.15) is 33.1 Å². The fraction of sp³-hybridized carbons (Fsp3) is 0.917. The van der Waals surface area contributed by atoms with Crippen LogP contribution in [0.3, 0.4) is 0 Å². The third kappa shape index (κ3) is 3.76. The molecule has 1 atom stereocenters. The van der Waals surface area contributed by atoms with Crippen molar-refractivity contribution in [1.29, 1.82) is 0 Å². The third-order valence-corrected chi connectivity index (χ3v) is 3.02. The molecule has 1 unspecified atom stereocenters. The summed E-state index contributed by atoms with van der Waals surface area (Å²) in [5, 5.41) is 3.26. The van der Waals surface area contributed by atoms with Gasteiger partial charge in [-0.3, -0.25) is 10.1 Å². The Balaban J connectivity index is 2.17. The van der Waals surface area contributed by atoms with E-state index in [-0.39, 0.29) is 11.9 Å². The minimum atomic E-state index is 0.0268. The van der Waals surface area contributed by atoms with E-state index in [2.05, 4.69) is 19.2 Å². The number of amides is 1. The molecule has 0 aliphatic carbocycles. The fourth-order valence-corrected chi connectivity index (χ4v) is 2.01. The second kappa shape index (κ2) is 6.86. The van der Waals surface area contributed by atoms with Gasteiger partial charge in [0, 0.05) is 20.3 Å². The summed E-state index contributed by atoms with van der Waals surface area (Å²) in [6, 6.07) is 0.0268. The van der Waals surface area contributed by atoms with Gasteiger partial charge < -0.3 is 9.64 Å². The molecule has 4 heteroatoms. The van der Waals surface area contributed by atoms with Crippen LogP contribution < -0.4 is 5.32 Å². The van der Waals surface area contributed by atoms with Crippen LogP contribution in [0.5, 0.6) is 0 Å². The highest BCUT2D eigenvalue weighted by Gasteiger charge is 2.32. The van der Waals surface area contributed by atoms with Gasteiger partial charge in [-0.15, -0.1) is 0 Å². The molecule has 0 aromatic heterocycles. The van der Waals surface area contributed by atoms with Gasteiger partial charge in [0.05, 0.1) is 12.7 Å². The molecule has 1 saturated heterocycles. The van der Waals surface area contributed by atoms with E-state index in [9.17, 15) is 4.79 Å². The summed E-state index contributed by atoms with van der Waals surface area (Å²) in [4.78, 5) is 13.8. The zero-order valence-electron chi connectivity index (χ0n) is 10.7. The predicted octanol–water partition coefficient (Wildman–Crippen LogP) is 1.22. The molecule has 0 bridgehead atoms. The molecule has 1 rings (SSSR count). The average molecular weight is 228 g/mol. The lowest BCUT2D eigenvalue weighted by atomic mass is 10.1. The van der Waals surface area contributed by atoms with Crippen LogP contribution in [-0.4, -0.2) is 43.8 Å². The van der Waals surface area contributed by atoms with Crippen LogP contribution in [0.25, 0.3) is 0 Å². The first-order valence-electron chi connectivity index (χ1n) is 6.18. The highest BCUT2D eigenvalue weighted by Crippen LogP contribution is 2.12. The van der Waals surface area contributed by atoms with Gasteiger partial charge in [0.2, 0.25) is 5.91 Å². The van der Waals surface area contributed by atoms with Crippen molar-refractivity contribution in [3.63, 3.8) is 0 Å². The largest absolute Gasteiger partial charge is 0.385 e. The summed E-state index contributed by atoms with van der Waals surface area (Å²) in [5.41, 5.74) is 0. The number of ether oxygens (including phenoxy) is 1. The molecular weight excluding hydrogens is 204 g/mol. The smallest absolute Gasteiger partial charge is 0.241 e. The molecule has 0 aromatic carbocycles. The molecule has 1 aliphatic heterocycles. The molecule has 1 fully saturated rings. The summed E-state index contributed by atoms with van der Waals surface area (Å²) in [6.07, 6.45) is 3.28. The molecule has 1 amide bonds. The van der Waals surface area contributed by atoms with Crippen LogP contribution in [0.15, 0.2) is 0 Å². The van der Waals surface area contributed by atoms with Gasteiger partial charge in [0.25, 0.3) is 0 Å². The minimum Gasteiger partial charge on any atom is -0.385 e. The number of nitrogens with zero attached hydrogens (tertiary/aromatic N) is 1. The van der Waals surface area contributed by atoms with Crippen LogP contribution in [0, 0.1) is 5.92 Å². The van der Waals surface area contributed by atoms with Gasteiger partial charge in [-0.2, -0.15) is 0 Å². The lowest BCUT2D eigenvalue weighted by Crippen LogP contribution is -2.35. The molecule has 0 radical (unpaired) electrons. The molecule has 4 nitrogen and oxygen atoms in total. The quantitative estimate of drug-likeness (QED) is 0.666. The molecule has 0 saturated carbocycles. The van der Waals surface area contributed by atoms with E-state index in [0.717, 1.165) is 32.4 Å². The average Bonchev–Trinajstić information content (AvgIpc) is 2.60. The fourth-order valence-electron chi connectivity index (χ4n) is 2.01. The van der Waals surface area contributed by atoms with Crippen molar-refractivity contribution < 1.29 is 9.53 Å². The topological polar surface area (TPSA) is 41.6 Å². The monoisotopic (exact) mass is 228 g/mol. The van der Waals surface area contributed by atoms with Crippen LogP contribution in [0.2, 0.25) is 0 Å². The Labute approximate surface area is 98.3 Å². The highest BCUT2D eigenvalue weighted by atomic mass is 16.5. The predicted molar refractivity (Wildman–Crippen MR) is 64.1 cm³/mol. The summed E-state index contributed by atoms with van der Waals surface area (Å²) >= 11 is 0. The van der Waals surface area contributed by atoms with Gasteiger partial charge >= 0.3 is 0 Å². The standard InChI is InChI=1S/C12H24N2O2/c1-10(2)11-12(15)14(9-13-11)7-5-4-6-8-16-3/h10-11,13H,4-9H2,1-3H3. The Morgan fingerprint density at radius 3 is 2.75 bits per heavy atom. The molecule has 1 aliphatic rings. The maximum absolute atomic E-state index is 11.9. The number of hydrogen-bond donors (Lipinski definition) is 1. The van der Waals surface area contributed by atoms with Crippen molar-refractivity contribution in [2.24, 2.45) is 5.92 Å². The molecule has 1 heterocycles. The van der Waals surface area contributed by atoms with Crippen molar-refractivity contribution in [2.45, 2.75) is 39.2 Å². The van der Waals surface area contributed by atoms with Crippen molar-refractivity contribution in [2.75, 3.05) is 26.9 Å². The number of nitrogens with one attached hydrogen (secondary N) is 1. The molecule has 1 N–H and O–H groups in total. The molecule has 94 valence electrons. The lowest BCUT2D eigenvalue weighted by Gasteiger charge is -2.16. The zero-order valence-corrected chi connectivity index (χ0v) is 10.7. The highest BCUT2D eigenvalue weighted by molar-refractivity contribution is 5.83. The van der Waals surface area contributed by atoms with Gasteiger partial charge in [-0.05, 0) is 25.2 Å². The first-order chi connectivity index (χ1) is 7.66. The summed E-state index contributed by atoms with van der Waals surface area (Å²) in [6.45, 7) is 6.57. The maximum atomic E-state index is 11.9. The number of hydrogen-bond acceptors (Lipinski definition) is 3. The van der Waals surface area contributed by atoms with Crippen molar-refractivity contribution >= 4 is 5.91 Å². The first kappa shape index (κ1) is 13.5. The van der Waals surface area contributed by atoms with Gasteiger partial charge in [0.15, 0.2) is 0 Å². The SMILES string of the molecule is COCCCCCN1CNC(C(C)C)C1=O. The third-order valence-electron chi connectivity index (χ3n) is 3.02. The Morgan fingerprint density at radius 1 is 1.44 bits per heavy atom. The van der Waals surface area contributed by atoms with Crippen molar-refractivity contribution in [1.82, 2.24) is 10.2 Å². The summed E-state index contributed by atoms with van der Waals surface area (Å²) in [7, 11) is 1.72. The zero-order chi connectivity index (χ0) is 12.0. The van der Waals surface area contributed by atoms with Crippen LogP contribution in [-0.2, 0) is 9.53 Å². The van der Waals surface area contributed by atoms with E-state index in [1.807, 2.05) is 4.90 Å². The van der Waals surface area contributed by atoms with Gasteiger partial charge in [0.1, 0.15) is 0 Å². The first-order valence-corrected chi connectivity index (χ1v) is 6.18. The Kier molecular flexibility index (Phi) is 5.77. The Hall–Kier alpha value is -0.610. The van der Waals surface area contributed by atoms with Crippen LogP contribution >= 0.6 is 0 Å². The number of carbonyl (C=O) groups is 1.